The highest BCUT2D eigenvalue weighted by Gasteiger charge is 2.17. The Morgan fingerprint density at radius 3 is 2.64 bits per heavy atom. The molecule has 0 saturated heterocycles. The van der Waals surface area contributed by atoms with Crippen LogP contribution in [0.4, 0.5) is 15.9 Å². The molecule has 8 heteroatoms. The van der Waals surface area contributed by atoms with Crippen molar-refractivity contribution < 1.29 is 9.50 Å². The van der Waals surface area contributed by atoms with Crippen molar-refractivity contribution in [1.29, 1.82) is 0 Å². The maximum atomic E-state index is 13.2. The fourth-order valence-corrected chi connectivity index (χ4v) is 3.77. The van der Waals surface area contributed by atoms with Gasteiger partial charge in [-0.25, -0.2) is 9.37 Å². The fraction of sp³-hybridized carbons (Fsp3) is 0.160. The van der Waals surface area contributed by atoms with E-state index in [1.165, 1.54) is 12.1 Å². The van der Waals surface area contributed by atoms with E-state index in [1.54, 1.807) is 24.4 Å². The van der Waals surface area contributed by atoms with Crippen molar-refractivity contribution in [3.05, 3.63) is 107 Å². The lowest BCUT2D eigenvalue weighted by Crippen LogP contribution is -2.31. The van der Waals surface area contributed by atoms with E-state index in [0.29, 0.717) is 22.9 Å². The maximum absolute atomic E-state index is 13.2. The second-order valence-electron chi connectivity index (χ2n) is 7.75. The molecule has 0 bridgehead atoms. The Labute approximate surface area is 196 Å². The topological polar surface area (TPSA) is 88.1 Å². The minimum atomic E-state index is -0.919. The van der Waals surface area contributed by atoms with Crippen molar-refractivity contribution >= 4 is 23.1 Å². The number of halogens is 2. The predicted molar refractivity (Wildman–Crippen MR) is 129 cm³/mol. The van der Waals surface area contributed by atoms with Gasteiger partial charge in [-0.3, -0.25) is 5.32 Å². The summed E-state index contributed by atoms with van der Waals surface area (Å²) in [5.41, 5.74) is 10.1. The molecule has 0 radical (unpaired) electrons. The van der Waals surface area contributed by atoms with Gasteiger partial charge in [-0.05, 0) is 60.5 Å². The van der Waals surface area contributed by atoms with Crippen molar-refractivity contribution in [3.63, 3.8) is 0 Å². The molecule has 4 rings (SSSR count). The highest BCUT2D eigenvalue weighted by molar-refractivity contribution is 6.30. The average Bonchev–Trinajstić information content (AvgIpc) is 3.30. The number of nitrogens with two attached hydrogens (primary N) is 1. The lowest BCUT2D eigenvalue weighted by Gasteiger charge is -2.21. The van der Waals surface area contributed by atoms with E-state index in [0.717, 1.165) is 22.5 Å². The van der Waals surface area contributed by atoms with Gasteiger partial charge in [0.15, 0.2) is 0 Å². The molecule has 2 aromatic carbocycles. The summed E-state index contributed by atoms with van der Waals surface area (Å²) in [6, 6.07) is 17.0. The first-order chi connectivity index (χ1) is 15.9. The van der Waals surface area contributed by atoms with Crippen molar-refractivity contribution in [3.8, 4) is 5.69 Å². The molecule has 170 valence electrons. The molecule has 6 nitrogen and oxygen atoms in total. The average molecular weight is 466 g/mol. The minimum absolute atomic E-state index is 0.253. The number of pyridine rings is 1. The van der Waals surface area contributed by atoms with E-state index in [4.69, 9.17) is 17.3 Å². The molecule has 2 unspecified atom stereocenters. The molecule has 0 amide bonds. The minimum Gasteiger partial charge on any atom is -0.374 e. The summed E-state index contributed by atoms with van der Waals surface area (Å²) >= 11 is 6.09. The van der Waals surface area contributed by atoms with Crippen LogP contribution in [0, 0.1) is 12.7 Å². The highest BCUT2D eigenvalue weighted by Crippen LogP contribution is 2.24. The molecule has 0 aliphatic rings. The van der Waals surface area contributed by atoms with Crippen molar-refractivity contribution in [1.82, 2.24) is 14.9 Å². The second kappa shape index (κ2) is 10.1. The standard InChI is InChI=1S/C25H25ClFN5O/c1-16-14-29-24(30-21-7-5-20(27)6-8-21)12-23(16)32-10-9-18(15-32)25(33)31-22(13-28)17-3-2-4-19(26)11-17/h2-12,14-15,22,25,31,33H,13,28H2,1H3,(H,29,30). The molecular weight excluding hydrogens is 441 g/mol. The fourth-order valence-electron chi connectivity index (χ4n) is 3.58. The number of hydrogen-bond acceptors (Lipinski definition) is 5. The van der Waals surface area contributed by atoms with Gasteiger partial charge < -0.3 is 20.7 Å². The van der Waals surface area contributed by atoms with Gasteiger partial charge in [-0.2, -0.15) is 0 Å². The maximum Gasteiger partial charge on any atom is 0.133 e. The molecule has 0 saturated carbocycles. The molecular formula is C25H25ClFN5O. The van der Waals surface area contributed by atoms with Gasteiger partial charge in [0.2, 0.25) is 0 Å². The summed E-state index contributed by atoms with van der Waals surface area (Å²) in [6.45, 7) is 2.27. The van der Waals surface area contributed by atoms with E-state index in [1.807, 2.05) is 54.2 Å². The Bertz CT molecular complexity index is 1230. The lowest BCUT2D eigenvalue weighted by molar-refractivity contribution is 0.124. The number of hydrogen-bond donors (Lipinski definition) is 4. The van der Waals surface area contributed by atoms with Crippen LogP contribution in [0.2, 0.25) is 5.02 Å². The van der Waals surface area contributed by atoms with E-state index >= 15 is 0 Å². The third kappa shape index (κ3) is 5.58. The Balaban J connectivity index is 1.51. The number of aromatic nitrogens is 2. The Kier molecular flexibility index (Phi) is 7.05. The molecule has 2 atom stereocenters. The molecule has 2 aromatic heterocycles. The van der Waals surface area contributed by atoms with Crippen LogP contribution in [-0.2, 0) is 0 Å². The number of nitrogens with zero attached hydrogens (tertiary/aromatic N) is 2. The first-order valence-corrected chi connectivity index (χ1v) is 10.9. The zero-order valence-corrected chi connectivity index (χ0v) is 18.8. The van der Waals surface area contributed by atoms with E-state index in [2.05, 4.69) is 15.6 Å². The number of nitrogens with one attached hydrogen (secondary N) is 2. The summed E-state index contributed by atoms with van der Waals surface area (Å²) in [7, 11) is 0. The highest BCUT2D eigenvalue weighted by atomic mass is 35.5. The lowest BCUT2D eigenvalue weighted by atomic mass is 10.1. The summed E-state index contributed by atoms with van der Waals surface area (Å²) in [5, 5.41) is 17.7. The van der Waals surface area contributed by atoms with Crippen LogP contribution in [0.25, 0.3) is 5.69 Å². The molecule has 0 aliphatic heterocycles. The van der Waals surface area contributed by atoms with Crippen LogP contribution >= 0.6 is 11.6 Å². The van der Waals surface area contributed by atoms with Gasteiger partial charge >= 0.3 is 0 Å². The number of aryl methyl sites for hydroxylation is 1. The first kappa shape index (κ1) is 22.9. The van der Waals surface area contributed by atoms with Crippen LogP contribution in [0.1, 0.15) is 29.0 Å². The SMILES string of the molecule is Cc1cnc(Nc2ccc(F)cc2)cc1-n1ccc(C(O)NC(CN)c2cccc(Cl)c2)c1. The normalized spacial score (nSPS) is 13.0. The molecule has 0 fully saturated rings. The van der Waals surface area contributed by atoms with Crippen molar-refractivity contribution in [2.24, 2.45) is 5.73 Å². The molecule has 33 heavy (non-hydrogen) atoms. The quantitative estimate of drug-likeness (QED) is 0.275. The molecule has 0 spiro atoms. The zero-order valence-electron chi connectivity index (χ0n) is 18.0. The Morgan fingerprint density at radius 1 is 1.12 bits per heavy atom. The number of aliphatic hydroxyl groups is 1. The third-order valence-corrected chi connectivity index (χ3v) is 5.58. The van der Waals surface area contributed by atoms with Gasteiger partial charge in [-0.15, -0.1) is 0 Å². The van der Waals surface area contributed by atoms with E-state index in [9.17, 15) is 9.50 Å². The van der Waals surface area contributed by atoms with Crippen molar-refractivity contribution in [2.45, 2.75) is 19.2 Å². The Morgan fingerprint density at radius 2 is 1.91 bits per heavy atom. The zero-order chi connectivity index (χ0) is 23.4. The van der Waals surface area contributed by atoms with Gasteiger partial charge in [0.1, 0.15) is 17.9 Å². The van der Waals surface area contributed by atoms with E-state index in [-0.39, 0.29) is 11.9 Å². The second-order valence-corrected chi connectivity index (χ2v) is 8.19. The number of benzene rings is 2. The number of anilines is 2. The monoisotopic (exact) mass is 465 g/mol. The molecule has 4 aromatic rings. The van der Waals surface area contributed by atoms with Crippen LogP contribution in [0.15, 0.2) is 79.3 Å². The summed E-state index contributed by atoms with van der Waals surface area (Å²) in [6.07, 6.45) is 4.57. The number of aliphatic hydroxyl groups excluding tert-OH is 1. The smallest absolute Gasteiger partial charge is 0.133 e. The predicted octanol–water partition coefficient (Wildman–Crippen LogP) is 5.00. The van der Waals surface area contributed by atoms with Crippen LogP contribution in [0.3, 0.4) is 0 Å². The van der Waals surface area contributed by atoms with Crippen LogP contribution in [-0.4, -0.2) is 21.2 Å². The summed E-state index contributed by atoms with van der Waals surface area (Å²) in [5.74, 6) is 0.331. The third-order valence-electron chi connectivity index (χ3n) is 5.35. The van der Waals surface area contributed by atoms with Crippen LogP contribution < -0.4 is 16.4 Å². The first-order valence-electron chi connectivity index (χ1n) is 10.5. The van der Waals surface area contributed by atoms with Gasteiger partial charge in [0, 0.05) is 53.5 Å². The summed E-state index contributed by atoms with van der Waals surface area (Å²) in [4.78, 5) is 4.41. The van der Waals surface area contributed by atoms with E-state index < -0.39 is 6.23 Å². The van der Waals surface area contributed by atoms with Crippen LogP contribution in [0.5, 0.6) is 0 Å². The number of rotatable bonds is 8. The van der Waals surface area contributed by atoms with Gasteiger partial charge in [0.05, 0.1) is 5.69 Å². The Hall–Kier alpha value is -3.23. The molecule has 5 N–H and O–H groups in total. The van der Waals surface area contributed by atoms with Gasteiger partial charge in [0.25, 0.3) is 0 Å². The molecule has 0 aliphatic carbocycles. The largest absolute Gasteiger partial charge is 0.374 e. The van der Waals surface area contributed by atoms with Gasteiger partial charge in [-0.1, -0.05) is 23.7 Å². The summed E-state index contributed by atoms with van der Waals surface area (Å²) < 4.78 is 15.1. The molecule has 2 heterocycles. The van der Waals surface area contributed by atoms with Crippen molar-refractivity contribution in [2.75, 3.05) is 11.9 Å².